The molecule has 9 amide bonds. The van der Waals surface area contributed by atoms with Gasteiger partial charge in [0.25, 0.3) is 11.8 Å². The first-order valence-electron chi connectivity index (χ1n) is 27.6. The molecule has 26 nitrogen and oxygen atoms in total. The van der Waals surface area contributed by atoms with Crippen LogP contribution in [0.15, 0.2) is 24.4 Å². The van der Waals surface area contributed by atoms with Gasteiger partial charge in [0.1, 0.15) is 36.7 Å². The zero-order valence-electron chi connectivity index (χ0n) is 46.8. The molecule has 0 radical (unpaired) electrons. The van der Waals surface area contributed by atoms with Crippen LogP contribution in [0.1, 0.15) is 125 Å². The van der Waals surface area contributed by atoms with Gasteiger partial charge < -0.3 is 59.5 Å². The third-order valence-electron chi connectivity index (χ3n) is 14.3. The van der Waals surface area contributed by atoms with E-state index < -0.39 is 83.3 Å². The number of nitrogens with one attached hydrogen (secondary N) is 5. The lowest BCUT2D eigenvalue weighted by molar-refractivity contribution is -0.137. The van der Waals surface area contributed by atoms with E-state index in [1.54, 1.807) is 49.1 Å². The van der Waals surface area contributed by atoms with Gasteiger partial charge in [-0.15, -0.1) is 5.10 Å². The minimum Gasteiger partial charge on any atom is -0.443 e. The Hall–Kier alpha value is -6.90. The predicted molar refractivity (Wildman–Crippen MR) is 285 cm³/mol. The number of aromatic nitrogens is 3. The van der Waals surface area contributed by atoms with E-state index in [0.29, 0.717) is 63.3 Å². The second kappa shape index (κ2) is 30.1. The fraction of sp³-hybridized carbons (Fsp3) is 0.667. The van der Waals surface area contributed by atoms with Crippen LogP contribution in [0.25, 0.3) is 0 Å². The van der Waals surface area contributed by atoms with Crippen molar-refractivity contribution in [3.05, 3.63) is 41.2 Å². The third-order valence-corrected chi connectivity index (χ3v) is 14.3. The van der Waals surface area contributed by atoms with Crippen LogP contribution in [0.4, 0.5) is 10.5 Å². The molecule has 1 aromatic carbocycles. The molecule has 3 fully saturated rings. The van der Waals surface area contributed by atoms with Gasteiger partial charge in [0.05, 0.1) is 93.4 Å². The molecule has 5 N–H and O–H groups in total. The Kier molecular flexibility index (Phi) is 23.4. The van der Waals surface area contributed by atoms with E-state index in [1.807, 2.05) is 20.8 Å². The van der Waals surface area contributed by atoms with Crippen molar-refractivity contribution < 1.29 is 71.6 Å². The summed E-state index contributed by atoms with van der Waals surface area (Å²) in [5, 5.41) is 21.3. The number of piperidine rings is 1. The van der Waals surface area contributed by atoms with E-state index >= 15 is 0 Å². The number of rotatable bonds is 31. The molecule has 3 aliphatic heterocycles. The smallest absolute Gasteiger partial charge is 0.408 e. The Balaban J connectivity index is 0.847. The minimum absolute atomic E-state index is 0.0225. The molecule has 4 heterocycles. The number of fused-ring (bicyclic) bond motifs is 1. The number of imide groups is 2. The summed E-state index contributed by atoms with van der Waals surface area (Å²) in [6.07, 6.45) is 6.49. The summed E-state index contributed by atoms with van der Waals surface area (Å²) in [6.45, 7) is 9.85. The average molecular weight is 1120 g/mol. The Morgan fingerprint density at radius 3 is 2.23 bits per heavy atom. The maximum atomic E-state index is 14.1. The lowest BCUT2D eigenvalue weighted by Crippen LogP contribution is -2.59. The van der Waals surface area contributed by atoms with Crippen molar-refractivity contribution in [2.75, 3.05) is 78.3 Å². The van der Waals surface area contributed by atoms with Gasteiger partial charge in [-0.1, -0.05) is 43.4 Å². The molecule has 6 atom stereocenters. The van der Waals surface area contributed by atoms with E-state index in [2.05, 4.69) is 36.9 Å². The second-order valence-corrected chi connectivity index (χ2v) is 21.6. The van der Waals surface area contributed by atoms with Gasteiger partial charge in [0, 0.05) is 46.1 Å². The highest BCUT2D eigenvalue weighted by molar-refractivity contribution is 6.25. The Bertz CT molecular complexity index is 2510. The van der Waals surface area contributed by atoms with E-state index in [9.17, 15) is 47.9 Å². The number of anilines is 1. The van der Waals surface area contributed by atoms with Crippen molar-refractivity contribution in [3.63, 3.8) is 0 Å². The quantitative estimate of drug-likeness (QED) is 0.0402. The highest BCUT2D eigenvalue weighted by atomic mass is 16.6. The van der Waals surface area contributed by atoms with Crippen molar-refractivity contribution in [2.24, 2.45) is 11.8 Å². The van der Waals surface area contributed by atoms with Crippen molar-refractivity contribution in [1.82, 2.24) is 51.4 Å². The van der Waals surface area contributed by atoms with Crippen LogP contribution < -0.4 is 31.5 Å². The van der Waals surface area contributed by atoms with Crippen molar-refractivity contribution in [1.29, 1.82) is 0 Å². The van der Waals surface area contributed by atoms with Crippen LogP contribution in [-0.4, -0.2) is 194 Å². The lowest BCUT2D eigenvalue weighted by atomic mass is 9.84. The van der Waals surface area contributed by atoms with Crippen molar-refractivity contribution in [2.45, 2.75) is 147 Å². The topological polar surface area (TPSA) is 317 Å². The van der Waals surface area contributed by atoms with Crippen molar-refractivity contribution in [3.8, 4) is 0 Å². The lowest BCUT2D eigenvalue weighted by Gasteiger charge is -2.32. The van der Waals surface area contributed by atoms with E-state index in [-0.39, 0.29) is 94.2 Å². The van der Waals surface area contributed by atoms with Gasteiger partial charge in [-0.05, 0) is 71.4 Å². The number of benzene rings is 1. The maximum absolute atomic E-state index is 14.1. The van der Waals surface area contributed by atoms with Crippen LogP contribution >= 0.6 is 0 Å². The Morgan fingerprint density at radius 2 is 1.55 bits per heavy atom. The molecule has 6 unspecified atom stereocenters. The molecule has 26 heteroatoms. The normalized spacial score (nSPS) is 19.1. The number of carbonyl (C=O) groups is 10. The molecule has 440 valence electrons. The number of aldehydes is 1. The zero-order chi connectivity index (χ0) is 57.9. The molecule has 4 aliphatic rings. The van der Waals surface area contributed by atoms with Crippen LogP contribution in [0.5, 0.6) is 0 Å². The van der Waals surface area contributed by atoms with Crippen molar-refractivity contribution >= 4 is 65.3 Å². The summed E-state index contributed by atoms with van der Waals surface area (Å²) in [6, 6.07) is 0.576. The number of hydrogen-bond donors (Lipinski definition) is 5. The molecule has 6 rings (SSSR count). The molecular weight excluding hydrogens is 1040 g/mol. The van der Waals surface area contributed by atoms with Gasteiger partial charge >= 0.3 is 6.09 Å². The van der Waals surface area contributed by atoms with Gasteiger partial charge in [-0.25, -0.2) is 9.48 Å². The summed E-state index contributed by atoms with van der Waals surface area (Å²) in [7, 11) is 3.41. The minimum atomic E-state index is -1.28. The predicted octanol–water partition coefficient (Wildman–Crippen LogP) is 1.18. The largest absolute Gasteiger partial charge is 0.443 e. The van der Waals surface area contributed by atoms with Gasteiger partial charge in [0.2, 0.25) is 35.4 Å². The number of nitrogens with zero attached hydrogens (tertiary/aromatic N) is 6. The molecular formula is C54H79N11O15. The number of carbonyl (C=O) groups excluding carboxylic acids is 10. The van der Waals surface area contributed by atoms with E-state index in [0.717, 1.165) is 37.0 Å². The number of alkyl carbamates (subject to hydrolysis) is 1. The van der Waals surface area contributed by atoms with Gasteiger partial charge in [-0.3, -0.25) is 48.6 Å². The first-order valence-corrected chi connectivity index (χ1v) is 27.6. The maximum Gasteiger partial charge on any atom is 0.408 e. The molecule has 0 spiro atoms. The summed E-state index contributed by atoms with van der Waals surface area (Å²) < 4.78 is 29.9. The van der Waals surface area contributed by atoms with Crippen LogP contribution in [0.3, 0.4) is 0 Å². The molecule has 1 aliphatic carbocycles. The third kappa shape index (κ3) is 18.3. The SMILES string of the molecule is CC(OC(C)(C)C)C(NC(=O)OCc1cn(CCOCCOCCOCCC(=O)N(C)CCN(C)c2cccc3c2C(=O)N(C2CCC(=O)NC2=O)C3=O)nn1)C(=O)NC(CC1CCCCC1)C(=O)NC(C=O)CC1CCNC1=O. The molecule has 1 saturated carbocycles. The van der Waals surface area contributed by atoms with Gasteiger partial charge in [0.15, 0.2) is 0 Å². The standard InChI is InChI=1S/C54H79N11O15/c1-34(80-54(2,3)4)46(50(72)57-40(29-35-11-8-7-9-12-35)48(70)56-37(32-66)30-36-17-19-55-47(36)69)59-53(75)79-33-38-31-64(61-60-38)22-24-77-26-28-78-27-25-76-23-18-44(68)63(6)21-20-62(5)41-14-10-13-39-45(41)52(74)65(51(39)73)42-15-16-43(67)58-49(42)71/h10,13-14,31-32,34-37,40,42,46H,7-9,11-12,15-30,33H2,1-6H3,(H,55,69)(H,56,70)(H,57,72)(H,59,75)(H,58,67,71). The fourth-order valence-corrected chi connectivity index (χ4v) is 10.1. The molecule has 2 aromatic rings. The van der Waals surface area contributed by atoms with Crippen LogP contribution in [0, 0.1) is 11.8 Å². The molecule has 1 aromatic heterocycles. The monoisotopic (exact) mass is 1120 g/mol. The highest BCUT2D eigenvalue weighted by Gasteiger charge is 2.46. The van der Waals surface area contributed by atoms with Gasteiger partial charge in [-0.2, -0.15) is 0 Å². The molecule has 2 saturated heterocycles. The highest BCUT2D eigenvalue weighted by Crippen LogP contribution is 2.34. The van der Waals surface area contributed by atoms with Crippen LogP contribution in [-0.2, 0) is 70.4 Å². The number of ether oxygens (including phenoxy) is 5. The fourth-order valence-electron chi connectivity index (χ4n) is 10.1. The first kappa shape index (κ1) is 62.3. The summed E-state index contributed by atoms with van der Waals surface area (Å²) in [5.74, 6) is -4.12. The number of hydrogen-bond acceptors (Lipinski definition) is 18. The number of likely N-dealkylation sites (N-methyl/N-ethyl adjacent to an activating group) is 2. The summed E-state index contributed by atoms with van der Waals surface area (Å²) >= 11 is 0. The second-order valence-electron chi connectivity index (χ2n) is 21.6. The summed E-state index contributed by atoms with van der Waals surface area (Å²) in [5.41, 5.74) is 0.463. The van der Waals surface area contributed by atoms with E-state index in [1.165, 1.54) is 10.7 Å². The first-order chi connectivity index (χ1) is 38.2. The Morgan fingerprint density at radius 1 is 0.838 bits per heavy atom. The summed E-state index contributed by atoms with van der Waals surface area (Å²) in [4.78, 5) is 133. The zero-order valence-corrected chi connectivity index (χ0v) is 46.8. The molecule has 0 bridgehead atoms. The molecule has 80 heavy (non-hydrogen) atoms. The van der Waals surface area contributed by atoms with E-state index in [4.69, 9.17) is 23.7 Å². The Labute approximate surface area is 465 Å². The average Bonchev–Trinajstić information content (AvgIpc) is 4.13. The van der Waals surface area contributed by atoms with Crippen LogP contribution in [0.2, 0.25) is 0 Å². The number of amides is 9.